The molecule has 7 nitrogen and oxygen atoms in total. The Bertz CT molecular complexity index is 1120. The number of rotatable bonds is 4. The van der Waals surface area contributed by atoms with Crippen LogP contribution in [0, 0.1) is 12.3 Å². The molecule has 2 aromatic carbocycles. The summed E-state index contributed by atoms with van der Waals surface area (Å²) in [4.78, 5) is 11.4. The van der Waals surface area contributed by atoms with E-state index in [0.717, 1.165) is 9.87 Å². The fourth-order valence-electron chi connectivity index (χ4n) is 3.24. The maximum absolute atomic E-state index is 13.2. The average Bonchev–Trinajstić information content (AvgIpc) is 2.79. The number of anilines is 1. The van der Waals surface area contributed by atoms with Crippen LogP contribution in [0.4, 0.5) is 5.69 Å². The van der Waals surface area contributed by atoms with Gasteiger partial charge in [0.25, 0.3) is 0 Å². The molecule has 0 aliphatic carbocycles. The van der Waals surface area contributed by atoms with Gasteiger partial charge in [0.05, 0.1) is 16.0 Å². The fraction of sp³-hybridized carbons (Fsp3) is 0.316. The van der Waals surface area contributed by atoms with Gasteiger partial charge in [-0.05, 0) is 50.5 Å². The Morgan fingerprint density at radius 1 is 1.04 bits per heavy atom. The topological polar surface area (TPSA) is 109 Å². The number of carboxylic acids is 1. The van der Waals surface area contributed by atoms with Crippen LogP contribution in [0.2, 0.25) is 0 Å². The van der Waals surface area contributed by atoms with Crippen LogP contribution in [-0.4, -0.2) is 34.5 Å². The molecular weight excluding hydrogens is 402 g/mol. The molecule has 3 rings (SSSR count). The van der Waals surface area contributed by atoms with Crippen molar-refractivity contribution in [2.24, 2.45) is 5.41 Å². The maximum atomic E-state index is 13.2. The normalized spacial score (nSPS) is 20.3. The number of aliphatic carboxylic acids is 1. The van der Waals surface area contributed by atoms with Crippen LogP contribution < -0.4 is 4.31 Å². The first kappa shape index (κ1) is 20.3. The molecule has 0 bridgehead atoms. The second-order valence-electron chi connectivity index (χ2n) is 7.22. The van der Waals surface area contributed by atoms with E-state index in [4.69, 9.17) is 0 Å². The summed E-state index contributed by atoms with van der Waals surface area (Å²) in [6.45, 7) is 3.06. The highest BCUT2D eigenvalue weighted by atomic mass is 33.2. The van der Waals surface area contributed by atoms with E-state index >= 15 is 0 Å². The first-order valence-corrected chi connectivity index (χ1v) is 12.1. The van der Waals surface area contributed by atoms with Gasteiger partial charge in [0, 0.05) is 6.54 Å². The van der Waals surface area contributed by atoms with Crippen molar-refractivity contribution in [2.45, 2.75) is 31.6 Å². The van der Waals surface area contributed by atoms with E-state index in [1.54, 1.807) is 25.1 Å². The Kier molecular flexibility index (Phi) is 5.01. The van der Waals surface area contributed by atoms with Gasteiger partial charge in [-0.25, -0.2) is 8.42 Å². The van der Waals surface area contributed by atoms with E-state index in [1.807, 2.05) is 0 Å². The first-order valence-electron chi connectivity index (χ1n) is 8.65. The number of hydrogen-bond acceptors (Lipinski definition) is 5. The van der Waals surface area contributed by atoms with E-state index in [9.17, 15) is 26.7 Å². The summed E-state index contributed by atoms with van der Waals surface area (Å²) in [5, 5.41) is 9.61. The summed E-state index contributed by atoms with van der Waals surface area (Å²) in [6, 6.07) is 12.0. The van der Waals surface area contributed by atoms with Crippen molar-refractivity contribution in [3.05, 3.63) is 59.7 Å². The third kappa shape index (κ3) is 3.29. The largest absolute Gasteiger partial charge is 0.481 e. The lowest BCUT2D eigenvalue weighted by atomic mass is 9.81. The van der Waals surface area contributed by atoms with Crippen molar-refractivity contribution in [3.63, 3.8) is 0 Å². The number of hydrogen-bond donors (Lipinski definition) is 1. The number of aryl methyl sites for hydroxylation is 1. The van der Waals surface area contributed by atoms with Gasteiger partial charge in [-0.3, -0.25) is 9.10 Å². The third-order valence-electron chi connectivity index (χ3n) is 5.08. The zero-order valence-corrected chi connectivity index (χ0v) is 17.1. The summed E-state index contributed by atoms with van der Waals surface area (Å²) in [5.74, 6) is -1.05. The smallest absolute Gasteiger partial charge is 0.346 e. The van der Waals surface area contributed by atoms with Gasteiger partial charge >= 0.3 is 23.9 Å². The molecule has 0 saturated carbocycles. The van der Waals surface area contributed by atoms with Gasteiger partial charge in [-0.15, -0.1) is 0 Å². The summed E-state index contributed by atoms with van der Waals surface area (Å²) in [5.41, 5.74) is 0.276. The zero-order valence-electron chi connectivity index (χ0n) is 15.5. The van der Waals surface area contributed by atoms with Crippen LogP contribution in [0.25, 0.3) is 0 Å². The molecule has 28 heavy (non-hydrogen) atoms. The molecule has 150 valence electrons. The number of benzene rings is 2. The van der Waals surface area contributed by atoms with Gasteiger partial charge in [-0.2, -0.15) is 8.42 Å². The van der Waals surface area contributed by atoms with E-state index in [1.165, 1.54) is 37.3 Å². The second kappa shape index (κ2) is 6.89. The number of fused-ring (bicyclic) bond motifs is 1. The molecule has 2 aromatic rings. The molecule has 1 N–H and O–H groups in total. The molecule has 0 spiro atoms. The van der Waals surface area contributed by atoms with Gasteiger partial charge < -0.3 is 5.11 Å². The molecular formula is C19H21NO6S2. The molecule has 1 aliphatic rings. The lowest BCUT2D eigenvalue weighted by Gasteiger charge is -2.25. The van der Waals surface area contributed by atoms with Crippen molar-refractivity contribution in [1.29, 1.82) is 0 Å². The van der Waals surface area contributed by atoms with Crippen molar-refractivity contribution in [3.8, 4) is 0 Å². The molecule has 1 aliphatic heterocycles. The predicted molar refractivity (Wildman–Crippen MR) is 105 cm³/mol. The highest BCUT2D eigenvalue weighted by Crippen LogP contribution is 2.39. The Labute approximate surface area is 164 Å². The van der Waals surface area contributed by atoms with Crippen molar-refractivity contribution < 1.29 is 26.7 Å². The van der Waals surface area contributed by atoms with Crippen LogP contribution in [-0.2, 0) is 29.1 Å². The number of nitrogens with zero attached hydrogens (tertiary/aromatic N) is 1. The number of carboxylic acid groups (broad SMARTS) is 1. The van der Waals surface area contributed by atoms with Crippen molar-refractivity contribution in [2.75, 3.05) is 10.8 Å². The second-order valence-corrected chi connectivity index (χ2v) is 12.5. The summed E-state index contributed by atoms with van der Waals surface area (Å²) < 4.78 is 53.1. The lowest BCUT2D eigenvalue weighted by molar-refractivity contribution is -0.148. The Morgan fingerprint density at radius 2 is 1.64 bits per heavy atom. The summed E-state index contributed by atoms with van der Waals surface area (Å²) in [7, 11) is -9.55. The van der Waals surface area contributed by atoms with Crippen LogP contribution in [0.3, 0.4) is 0 Å². The third-order valence-corrected chi connectivity index (χ3v) is 10.2. The summed E-state index contributed by atoms with van der Waals surface area (Å²) >= 11 is 0. The van der Waals surface area contributed by atoms with Crippen LogP contribution in [0.5, 0.6) is 0 Å². The first-order chi connectivity index (χ1) is 13.0. The Balaban J connectivity index is 2.14. The zero-order chi connectivity index (χ0) is 20.7. The molecule has 0 saturated heterocycles. The van der Waals surface area contributed by atoms with E-state index < -0.39 is 29.3 Å². The van der Waals surface area contributed by atoms with Gasteiger partial charge in [0.15, 0.2) is 0 Å². The minimum absolute atomic E-state index is 0.0142. The fourth-order valence-corrected chi connectivity index (χ4v) is 7.16. The van der Waals surface area contributed by atoms with Gasteiger partial charge in [0.2, 0.25) is 0 Å². The molecule has 1 unspecified atom stereocenters. The van der Waals surface area contributed by atoms with E-state index in [-0.39, 0.29) is 30.0 Å². The Morgan fingerprint density at radius 3 is 2.25 bits per heavy atom. The quantitative estimate of drug-likeness (QED) is 0.757. The molecule has 9 heteroatoms. The molecule has 0 radical (unpaired) electrons. The van der Waals surface area contributed by atoms with E-state index in [0.29, 0.717) is 5.56 Å². The van der Waals surface area contributed by atoms with Gasteiger partial charge in [0.1, 0.15) is 0 Å². The molecule has 0 fully saturated rings. The lowest BCUT2D eigenvalue weighted by Crippen LogP contribution is -2.38. The minimum atomic E-state index is -4.83. The van der Waals surface area contributed by atoms with Gasteiger partial charge in [-0.1, -0.05) is 35.9 Å². The molecule has 0 aromatic heterocycles. The predicted octanol–water partition coefficient (Wildman–Crippen LogP) is 2.56. The maximum Gasteiger partial charge on any atom is 0.346 e. The number of para-hydroxylation sites is 1. The van der Waals surface area contributed by atoms with Crippen LogP contribution in [0.1, 0.15) is 24.5 Å². The van der Waals surface area contributed by atoms with Crippen LogP contribution >= 0.6 is 0 Å². The van der Waals surface area contributed by atoms with Crippen molar-refractivity contribution in [1.82, 2.24) is 0 Å². The Hall–Kier alpha value is -2.39. The minimum Gasteiger partial charge on any atom is -0.481 e. The molecule has 0 amide bonds. The highest BCUT2D eigenvalue weighted by molar-refractivity contribution is 8.67. The molecule has 1 heterocycles. The highest BCUT2D eigenvalue weighted by Gasteiger charge is 2.44. The average molecular weight is 424 g/mol. The monoisotopic (exact) mass is 423 g/mol. The van der Waals surface area contributed by atoms with Crippen molar-refractivity contribution >= 4 is 29.6 Å². The number of carbonyl (C=O) groups is 1. The summed E-state index contributed by atoms with van der Waals surface area (Å²) in [6.07, 6.45) is 0.0920. The van der Waals surface area contributed by atoms with Crippen LogP contribution in [0.15, 0.2) is 53.4 Å². The molecule has 1 atom stereocenters. The van der Waals surface area contributed by atoms with E-state index in [2.05, 4.69) is 0 Å². The SMILES string of the molecule is Cc1ccc(S(=O)(=O)S(=O)(=O)N2CCC(C)(C(=O)O)Cc3ccccc32)cc1. The standard InChI is InChI=1S/C19H21NO6S2/c1-14-7-9-16(10-8-14)27(23,24)28(25,26)20-12-11-19(2,18(21)22)13-15-5-3-4-6-17(15)20/h3-10H,11-13H2,1-2H3,(H,21,22).